The number of hydrogen-bond acceptors (Lipinski definition) is 5. The first-order chi connectivity index (χ1) is 6.79. The van der Waals surface area contributed by atoms with Gasteiger partial charge in [-0.1, -0.05) is 0 Å². The lowest BCUT2D eigenvalue weighted by Gasteiger charge is -2.21. The predicted octanol–water partition coefficient (Wildman–Crippen LogP) is 0.799. The summed E-state index contributed by atoms with van der Waals surface area (Å²) in [6.07, 6.45) is 3.50. The molecule has 0 bridgehead atoms. The van der Waals surface area contributed by atoms with E-state index >= 15 is 0 Å². The lowest BCUT2D eigenvalue weighted by atomic mass is 10.3. The molecule has 2 N–H and O–H groups in total. The fourth-order valence-electron chi connectivity index (χ4n) is 1.20. The molecule has 0 aliphatic carbocycles. The number of anilines is 2. The Morgan fingerprint density at radius 3 is 3.00 bits per heavy atom. The summed E-state index contributed by atoms with van der Waals surface area (Å²) in [6, 6.07) is 2.10. The number of aromatic nitrogens is 2. The molecule has 1 aromatic rings. The SMILES string of the molecule is CCN(CCC#N)c1ncncc1N. The third-order valence-electron chi connectivity index (χ3n) is 1.89. The van der Waals surface area contributed by atoms with E-state index in [1.165, 1.54) is 6.33 Å². The smallest absolute Gasteiger partial charge is 0.155 e. The highest BCUT2D eigenvalue weighted by molar-refractivity contribution is 5.60. The summed E-state index contributed by atoms with van der Waals surface area (Å²) in [7, 11) is 0. The van der Waals surface area contributed by atoms with Crippen LogP contribution in [0.4, 0.5) is 11.5 Å². The number of rotatable bonds is 4. The van der Waals surface area contributed by atoms with Gasteiger partial charge in [-0.15, -0.1) is 0 Å². The molecule has 0 aliphatic rings. The van der Waals surface area contributed by atoms with Crippen molar-refractivity contribution >= 4 is 11.5 Å². The summed E-state index contributed by atoms with van der Waals surface area (Å²) in [4.78, 5) is 9.86. The fraction of sp³-hybridized carbons (Fsp3) is 0.444. The Kier molecular flexibility index (Phi) is 3.68. The van der Waals surface area contributed by atoms with E-state index in [4.69, 9.17) is 11.0 Å². The molecule has 0 saturated heterocycles. The van der Waals surface area contributed by atoms with Gasteiger partial charge in [0, 0.05) is 13.1 Å². The Hall–Kier alpha value is -1.83. The quantitative estimate of drug-likeness (QED) is 0.761. The van der Waals surface area contributed by atoms with Gasteiger partial charge in [0.15, 0.2) is 5.82 Å². The molecule has 0 fully saturated rings. The van der Waals surface area contributed by atoms with Gasteiger partial charge in [-0.3, -0.25) is 0 Å². The summed E-state index contributed by atoms with van der Waals surface area (Å²) in [5.74, 6) is 0.706. The van der Waals surface area contributed by atoms with Crippen LogP contribution >= 0.6 is 0 Å². The minimum Gasteiger partial charge on any atom is -0.394 e. The van der Waals surface area contributed by atoms with Crippen molar-refractivity contribution in [1.82, 2.24) is 9.97 Å². The molecule has 0 radical (unpaired) electrons. The van der Waals surface area contributed by atoms with E-state index in [0.29, 0.717) is 24.5 Å². The minimum absolute atomic E-state index is 0.470. The monoisotopic (exact) mass is 191 g/mol. The standard InChI is InChI=1S/C9H13N5/c1-2-14(5-3-4-10)9-8(11)6-12-7-13-9/h6-7H,2-3,5,11H2,1H3. The first-order valence-corrected chi connectivity index (χ1v) is 4.47. The van der Waals surface area contributed by atoms with Gasteiger partial charge >= 0.3 is 0 Å². The van der Waals surface area contributed by atoms with Gasteiger partial charge in [0.25, 0.3) is 0 Å². The molecule has 0 saturated carbocycles. The van der Waals surface area contributed by atoms with Gasteiger partial charge in [-0.05, 0) is 6.92 Å². The van der Waals surface area contributed by atoms with Gasteiger partial charge in [0.05, 0.1) is 24.4 Å². The minimum atomic E-state index is 0.470. The Bertz CT molecular complexity index is 330. The number of nitrogens with two attached hydrogens (primary N) is 1. The van der Waals surface area contributed by atoms with E-state index in [-0.39, 0.29) is 0 Å². The molecule has 5 heteroatoms. The molecule has 0 amide bonds. The highest BCUT2D eigenvalue weighted by atomic mass is 15.2. The van der Waals surface area contributed by atoms with Crippen LogP contribution in [0.5, 0.6) is 0 Å². The van der Waals surface area contributed by atoms with Crippen LogP contribution in [-0.2, 0) is 0 Å². The summed E-state index contributed by atoms with van der Waals surface area (Å²) in [6.45, 7) is 3.43. The molecule has 14 heavy (non-hydrogen) atoms. The van der Waals surface area contributed by atoms with Gasteiger partial charge in [0.2, 0.25) is 0 Å². The van der Waals surface area contributed by atoms with E-state index in [0.717, 1.165) is 6.54 Å². The van der Waals surface area contributed by atoms with Gasteiger partial charge in [0.1, 0.15) is 6.33 Å². The van der Waals surface area contributed by atoms with Crippen LogP contribution in [0.15, 0.2) is 12.5 Å². The van der Waals surface area contributed by atoms with Gasteiger partial charge in [-0.2, -0.15) is 5.26 Å². The van der Waals surface area contributed by atoms with E-state index < -0.39 is 0 Å². The maximum absolute atomic E-state index is 8.49. The number of nitriles is 1. The second-order valence-corrected chi connectivity index (χ2v) is 2.79. The maximum atomic E-state index is 8.49. The van der Waals surface area contributed by atoms with Gasteiger partial charge < -0.3 is 10.6 Å². The van der Waals surface area contributed by atoms with Crippen molar-refractivity contribution in [2.75, 3.05) is 23.7 Å². The Morgan fingerprint density at radius 2 is 2.43 bits per heavy atom. The van der Waals surface area contributed by atoms with Crippen molar-refractivity contribution in [1.29, 1.82) is 5.26 Å². The topological polar surface area (TPSA) is 78.8 Å². The molecule has 5 nitrogen and oxygen atoms in total. The lowest BCUT2D eigenvalue weighted by molar-refractivity contribution is 0.809. The van der Waals surface area contributed by atoms with Crippen LogP contribution in [0, 0.1) is 11.3 Å². The van der Waals surface area contributed by atoms with E-state index in [2.05, 4.69) is 16.0 Å². The number of nitrogens with zero attached hydrogens (tertiary/aromatic N) is 4. The van der Waals surface area contributed by atoms with E-state index in [1.807, 2.05) is 11.8 Å². The molecule has 0 aromatic carbocycles. The van der Waals surface area contributed by atoms with Gasteiger partial charge in [-0.25, -0.2) is 9.97 Å². The number of hydrogen-bond donors (Lipinski definition) is 1. The molecular formula is C9H13N5. The van der Waals surface area contributed by atoms with Crippen LogP contribution in [0.25, 0.3) is 0 Å². The van der Waals surface area contributed by atoms with Crippen LogP contribution in [-0.4, -0.2) is 23.1 Å². The Balaban J connectivity index is 2.79. The van der Waals surface area contributed by atoms with Crippen LogP contribution in [0.3, 0.4) is 0 Å². The third kappa shape index (κ3) is 2.33. The highest BCUT2D eigenvalue weighted by Gasteiger charge is 2.08. The van der Waals surface area contributed by atoms with Crippen molar-refractivity contribution in [3.8, 4) is 6.07 Å². The summed E-state index contributed by atoms with van der Waals surface area (Å²) < 4.78 is 0. The molecule has 1 aromatic heterocycles. The zero-order valence-electron chi connectivity index (χ0n) is 8.14. The van der Waals surface area contributed by atoms with E-state index in [1.54, 1.807) is 6.20 Å². The molecular weight excluding hydrogens is 178 g/mol. The third-order valence-corrected chi connectivity index (χ3v) is 1.89. The molecule has 0 spiro atoms. The van der Waals surface area contributed by atoms with Crippen molar-refractivity contribution in [3.05, 3.63) is 12.5 Å². The van der Waals surface area contributed by atoms with Crippen LogP contribution < -0.4 is 10.6 Å². The molecule has 0 aliphatic heterocycles. The van der Waals surface area contributed by atoms with Crippen LogP contribution in [0.2, 0.25) is 0 Å². The lowest BCUT2D eigenvalue weighted by Crippen LogP contribution is -2.25. The van der Waals surface area contributed by atoms with Crippen molar-refractivity contribution in [2.24, 2.45) is 0 Å². The largest absolute Gasteiger partial charge is 0.394 e. The first kappa shape index (κ1) is 10.3. The predicted molar refractivity (Wildman–Crippen MR) is 54.6 cm³/mol. The van der Waals surface area contributed by atoms with Crippen molar-refractivity contribution in [2.45, 2.75) is 13.3 Å². The Morgan fingerprint density at radius 1 is 1.64 bits per heavy atom. The number of nitrogen functional groups attached to an aromatic ring is 1. The summed E-state index contributed by atoms with van der Waals surface area (Å²) >= 11 is 0. The van der Waals surface area contributed by atoms with Crippen molar-refractivity contribution in [3.63, 3.8) is 0 Å². The maximum Gasteiger partial charge on any atom is 0.155 e. The molecule has 0 unspecified atom stereocenters. The second-order valence-electron chi connectivity index (χ2n) is 2.79. The molecule has 1 rings (SSSR count). The fourth-order valence-corrected chi connectivity index (χ4v) is 1.20. The summed E-state index contributed by atoms with van der Waals surface area (Å²) in [5, 5.41) is 8.49. The molecule has 74 valence electrons. The first-order valence-electron chi connectivity index (χ1n) is 4.47. The molecule has 1 heterocycles. The second kappa shape index (κ2) is 5.02. The zero-order valence-corrected chi connectivity index (χ0v) is 8.14. The highest BCUT2D eigenvalue weighted by Crippen LogP contribution is 2.17. The summed E-state index contributed by atoms with van der Waals surface area (Å²) in [5.41, 5.74) is 6.27. The average Bonchev–Trinajstić information content (AvgIpc) is 2.21. The van der Waals surface area contributed by atoms with E-state index in [9.17, 15) is 0 Å². The van der Waals surface area contributed by atoms with Crippen molar-refractivity contribution < 1.29 is 0 Å². The zero-order chi connectivity index (χ0) is 10.4. The average molecular weight is 191 g/mol. The van der Waals surface area contributed by atoms with Crippen LogP contribution in [0.1, 0.15) is 13.3 Å². The Labute approximate surface area is 83.2 Å². The normalized spacial score (nSPS) is 9.43. The molecule has 0 atom stereocenters.